The molecule has 0 bridgehead atoms. The quantitative estimate of drug-likeness (QED) is 0.767. The summed E-state index contributed by atoms with van der Waals surface area (Å²) in [6, 6.07) is 13.4. The second kappa shape index (κ2) is 5.58. The van der Waals surface area contributed by atoms with Gasteiger partial charge in [0.05, 0.1) is 5.52 Å². The maximum Gasteiger partial charge on any atom is 0.267 e. The molecule has 104 valence electrons. The lowest BCUT2D eigenvalue weighted by atomic mass is 10.1. The monoisotopic (exact) mass is 278 g/mol. The van der Waals surface area contributed by atoms with Gasteiger partial charge in [0, 0.05) is 30.0 Å². The smallest absolute Gasteiger partial charge is 0.267 e. The molecule has 1 amide bonds. The molecular weight excluding hydrogens is 264 g/mol. The molecule has 0 saturated heterocycles. The SMILES string of the molecule is NC(=O)c1cc(NCc2cccc3cccnc23)ccn1. The van der Waals surface area contributed by atoms with Crippen LogP contribution in [0.2, 0.25) is 0 Å². The van der Waals surface area contributed by atoms with Crippen molar-refractivity contribution in [3.8, 4) is 0 Å². The molecule has 0 fully saturated rings. The number of hydrogen-bond donors (Lipinski definition) is 2. The van der Waals surface area contributed by atoms with Gasteiger partial charge in [-0.15, -0.1) is 0 Å². The van der Waals surface area contributed by atoms with Crippen molar-refractivity contribution in [2.24, 2.45) is 5.73 Å². The molecule has 3 N–H and O–H groups in total. The number of hydrogen-bond acceptors (Lipinski definition) is 4. The maximum absolute atomic E-state index is 11.1. The van der Waals surface area contributed by atoms with Gasteiger partial charge in [-0.3, -0.25) is 14.8 Å². The third-order valence-corrected chi connectivity index (χ3v) is 3.21. The Morgan fingerprint density at radius 1 is 1.10 bits per heavy atom. The number of nitrogens with zero attached hydrogens (tertiary/aromatic N) is 2. The van der Waals surface area contributed by atoms with Crippen molar-refractivity contribution >= 4 is 22.5 Å². The maximum atomic E-state index is 11.1. The Labute approximate surface area is 121 Å². The standard InChI is InChI=1S/C16H14N4O/c17-16(21)14-9-13(6-8-18-14)20-10-12-4-1-3-11-5-2-7-19-15(11)12/h1-9H,10H2,(H2,17,21)(H,18,20). The van der Waals surface area contributed by atoms with E-state index in [0.29, 0.717) is 6.54 Å². The Balaban J connectivity index is 1.84. The highest BCUT2D eigenvalue weighted by atomic mass is 16.1. The second-order valence-electron chi connectivity index (χ2n) is 4.64. The van der Waals surface area contributed by atoms with Gasteiger partial charge in [0.15, 0.2) is 0 Å². The molecular formula is C16H14N4O. The molecule has 21 heavy (non-hydrogen) atoms. The molecule has 0 spiro atoms. The Morgan fingerprint density at radius 2 is 1.95 bits per heavy atom. The van der Waals surface area contributed by atoms with E-state index in [9.17, 15) is 4.79 Å². The zero-order valence-corrected chi connectivity index (χ0v) is 11.3. The Kier molecular flexibility index (Phi) is 3.47. The zero-order chi connectivity index (χ0) is 14.7. The van der Waals surface area contributed by atoms with Crippen LogP contribution in [0.3, 0.4) is 0 Å². The van der Waals surface area contributed by atoms with Gasteiger partial charge < -0.3 is 11.1 Å². The van der Waals surface area contributed by atoms with Gasteiger partial charge in [-0.1, -0.05) is 24.3 Å². The minimum atomic E-state index is -0.537. The van der Waals surface area contributed by atoms with Crippen molar-refractivity contribution < 1.29 is 4.79 Å². The van der Waals surface area contributed by atoms with Crippen molar-refractivity contribution in [2.75, 3.05) is 5.32 Å². The third kappa shape index (κ3) is 2.81. The molecule has 3 rings (SSSR count). The molecule has 3 aromatic rings. The van der Waals surface area contributed by atoms with E-state index in [1.54, 1.807) is 24.5 Å². The van der Waals surface area contributed by atoms with Gasteiger partial charge >= 0.3 is 0 Å². The highest BCUT2D eigenvalue weighted by Gasteiger charge is 2.04. The molecule has 0 unspecified atom stereocenters. The molecule has 0 radical (unpaired) electrons. The summed E-state index contributed by atoms with van der Waals surface area (Å²) in [5, 5.41) is 4.36. The van der Waals surface area contributed by atoms with E-state index >= 15 is 0 Å². The molecule has 1 aromatic carbocycles. The number of nitrogens with one attached hydrogen (secondary N) is 1. The molecule has 0 aliphatic heterocycles. The normalized spacial score (nSPS) is 10.5. The highest BCUT2D eigenvalue weighted by Crippen LogP contribution is 2.17. The van der Waals surface area contributed by atoms with E-state index in [1.807, 2.05) is 30.3 Å². The first kappa shape index (κ1) is 13.1. The lowest BCUT2D eigenvalue weighted by Gasteiger charge is -2.09. The van der Waals surface area contributed by atoms with E-state index in [1.165, 1.54) is 0 Å². The Hall–Kier alpha value is -2.95. The molecule has 0 aliphatic rings. The van der Waals surface area contributed by atoms with Crippen LogP contribution in [0.5, 0.6) is 0 Å². The van der Waals surface area contributed by atoms with Crippen molar-refractivity contribution in [3.63, 3.8) is 0 Å². The zero-order valence-electron chi connectivity index (χ0n) is 11.3. The summed E-state index contributed by atoms with van der Waals surface area (Å²) in [5.41, 5.74) is 8.33. The summed E-state index contributed by atoms with van der Waals surface area (Å²) in [6.45, 7) is 0.608. The summed E-state index contributed by atoms with van der Waals surface area (Å²) in [5.74, 6) is -0.537. The lowest BCUT2D eigenvalue weighted by molar-refractivity contribution is 0.0995. The number of para-hydroxylation sites is 1. The Bertz CT molecular complexity index is 796. The van der Waals surface area contributed by atoms with Gasteiger partial charge in [0.1, 0.15) is 5.69 Å². The number of anilines is 1. The molecule has 2 heterocycles. The number of pyridine rings is 2. The van der Waals surface area contributed by atoms with Crippen LogP contribution in [0.25, 0.3) is 10.9 Å². The summed E-state index contributed by atoms with van der Waals surface area (Å²) in [6.07, 6.45) is 3.34. The molecule has 0 atom stereocenters. The number of rotatable bonds is 4. The summed E-state index contributed by atoms with van der Waals surface area (Å²) >= 11 is 0. The minimum Gasteiger partial charge on any atom is -0.381 e. The number of benzene rings is 1. The van der Waals surface area contributed by atoms with Crippen molar-refractivity contribution in [1.29, 1.82) is 0 Å². The first-order valence-electron chi connectivity index (χ1n) is 6.56. The second-order valence-corrected chi connectivity index (χ2v) is 4.64. The van der Waals surface area contributed by atoms with E-state index in [0.717, 1.165) is 22.2 Å². The number of carbonyl (C=O) groups is 1. The molecule has 2 aromatic heterocycles. The van der Waals surface area contributed by atoms with Crippen LogP contribution in [0.1, 0.15) is 16.1 Å². The molecule has 5 heteroatoms. The van der Waals surface area contributed by atoms with E-state index in [-0.39, 0.29) is 5.69 Å². The fourth-order valence-electron chi connectivity index (χ4n) is 2.18. The van der Waals surface area contributed by atoms with Crippen LogP contribution in [-0.4, -0.2) is 15.9 Å². The predicted octanol–water partition coefficient (Wildman–Crippen LogP) is 2.34. The molecule has 5 nitrogen and oxygen atoms in total. The van der Waals surface area contributed by atoms with Crippen LogP contribution < -0.4 is 11.1 Å². The van der Waals surface area contributed by atoms with Crippen molar-refractivity contribution in [1.82, 2.24) is 9.97 Å². The van der Waals surface area contributed by atoms with Crippen LogP contribution in [0.15, 0.2) is 54.9 Å². The molecule has 0 aliphatic carbocycles. The van der Waals surface area contributed by atoms with E-state index in [2.05, 4.69) is 15.3 Å². The fraction of sp³-hybridized carbons (Fsp3) is 0.0625. The number of nitrogens with two attached hydrogens (primary N) is 1. The van der Waals surface area contributed by atoms with E-state index in [4.69, 9.17) is 5.73 Å². The van der Waals surface area contributed by atoms with Gasteiger partial charge in [-0.2, -0.15) is 0 Å². The Morgan fingerprint density at radius 3 is 2.81 bits per heavy atom. The number of carbonyl (C=O) groups excluding carboxylic acids is 1. The van der Waals surface area contributed by atoms with Gasteiger partial charge in [-0.05, 0) is 23.8 Å². The predicted molar refractivity (Wildman–Crippen MR) is 81.8 cm³/mol. The first-order valence-corrected chi connectivity index (χ1v) is 6.56. The van der Waals surface area contributed by atoms with Crippen molar-refractivity contribution in [3.05, 3.63) is 66.1 Å². The number of primary amides is 1. The van der Waals surface area contributed by atoms with Crippen LogP contribution >= 0.6 is 0 Å². The summed E-state index contributed by atoms with van der Waals surface area (Å²) in [4.78, 5) is 19.5. The van der Waals surface area contributed by atoms with Crippen LogP contribution in [0.4, 0.5) is 5.69 Å². The summed E-state index contributed by atoms with van der Waals surface area (Å²) in [7, 11) is 0. The van der Waals surface area contributed by atoms with Crippen molar-refractivity contribution in [2.45, 2.75) is 6.54 Å². The van der Waals surface area contributed by atoms with Gasteiger partial charge in [0.2, 0.25) is 0 Å². The van der Waals surface area contributed by atoms with Crippen LogP contribution in [-0.2, 0) is 6.54 Å². The first-order chi connectivity index (χ1) is 10.2. The average Bonchev–Trinajstić information content (AvgIpc) is 2.53. The molecule has 0 saturated carbocycles. The largest absolute Gasteiger partial charge is 0.381 e. The number of aromatic nitrogens is 2. The van der Waals surface area contributed by atoms with Crippen LogP contribution in [0, 0.1) is 0 Å². The highest BCUT2D eigenvalue weighted by molar-refractivity contribution is 5.91. The fourth-order valence-corrected chi connectivity index (χ4v) is 2.18. The average molecular weight is 278 g/mol. The minimum absolute atomic E-state index is 0.246. The third-order valence-electron chi connectivity index (χ3n) is 3.21. The summed E-state index contributed by atoms with van der Waals surface area (Å²) < 4.78 is 0. The lowest BCUT2D eigenvalue weighted by Crippen LogP contribution is -2.13. The number of amides is 1. The van der Waals surface area contributed by atoms with E-state index < -0.39 is 5.91 Å². The topological polar surface area (TPSA) is 80.9 Å². The van der Waals surface area contributed by atoms with Gasteiger partial charge in [-0.25, -0.2) is 0 Å². The van der Waals surface area contributed by atoms with Gasteiger partial charge in [0.25, 0.3) is 5.91 Å². The number of fused-ring (bicyclic) bond motifs is 1.